The Kier molecular flexibility index (Phi) is 48.6. The van der Waals surface area contributed by atoms with Crippen molar-refractivity contribution in [2.45, 2.75) is 292 Å². The van der Waals surface area contributed by atoms with E-state index in [0.29, 0.717) is 43.4 Å². The van der Waals surface area contributed by atoms with Gasteiger partial charge in [-0.1, -0.05) is 222 Å². The summed E-state index contributed by atoms with van der Waals surface area (Å²) >= 11 is 0. The lowest BCUT2D eigenvalue weighted by Gasteiger charge is -2.21. The van der Waals surface area contributed by atoms with Crippen molar-refractivity contribution in [3.8, 4) is 0 Å². The van der Waals surface area contributed by atoms with Gasteiger partial charge in [0, 0.05) is 25.7 Å². The molecule has 0 saturated carbocycles. The van der Waals surface area contributed by atoms with Gasteiger partial charge in [0.1, 0.15) is 19.3 Å². The van der Waals surface area contributed by atoms with Crippen LogP contribution >= 0.6 is 15.6 Å². The van der Waals surface area contributed by atoms with Crippen molar-refractivity contribution in [1.82, 2.24) is 0 Å². The Bertz CT molecular complexity index is 1550. The number of hydrogen-bond acceptors (Lipinski definition) is 15. The highest BCUT2D eigenvalue weighted by Gasteiger charge is 2.30. The number of esters is 4. The average molecular weight is 1140 g/mol. The SMILES string of the molecule is CCCCCCCCCCC(=O)OC[C@H](COP(=O)(O)OC[C@H](O)COP(=O)(O)OC[C@@H](COC(=O)CCCCCCCCCC(C)C)OC(=O)CCCCCCCCCC(C)C)OC(=O)CCCCCCCCC(C)C. The summed E-state index contributed by atoms with van der Waals surface area (Å²) in [5.74, 6) is -0.0831. The molecule has 3 N–H and O–H groups in total. The van der Waals surface area contributed by atoms with Gasteiger partial charge in [-0.05, 0) is 43.4 Å². The predicted octanol–water partition coefficient (Wildman–Crippen LogP) is 15.2. The molecule has 0 heterocycles. The number of phosphoric ester groups is 2. The smallest absolute Gasteiger partial charge is 0.462 e. The van der Waals surface area contributed by atoms with Gasteiger partial charge in [-0.2, -0.15) is 0 Å². The minimum atomic E-state index is -4.94. The van der Waals surface area contributed by atoms with Crippen LogP contribution in [0.15, 0.2) is 0 Å². The summed E-state index contributed by atoms with van der Waals surface area (Å²) < 4.78 is 67.6. The van der Waals surface area contributed by atoms with Gasteiger partial charge >= 0.3 is 39.5 Å². The lowest BCUT2D eigenvalue weighted by atomic mass is 10.0. The lowest BCUT2D eigenvalue weighted by molar-refractivity contribution is -0.161. The number of hydrogen-bond donors (Lipinski definition) is 3. The zero-order valence-corrected chi connectivity index (χ0v) is 51.2. The van der Waals surface area contributed by atoms with Gasteiger partial charge in [-0.15, -0.1) is 0 Å². The van der Waals surface area contributed by atoms with Crippen LogP contribution in [0, 0.1) is 17.8 Å². The molecular formula is C58H112O17P2. The molecule has 0 fully saturated rings. The third kappa shape index (κ3) is 53.2. The van der Waals surface area contributed by atoms with Crippen LogP contribution < -0.4 is 0 Å². The molecule has 19 heteroatoms. The predicted molar refractivity (Wildman–Crippen MR) is 303 cm³/mol. The Balaban J connectivity index is 5.23. The Morgan fingerprint density at radius 3 is 0.883 bits per heavy atom. The fourth-order valence-corrected chi connectivity index (χ4v) is 10.00. The Morgan fingerprint density at radius 2 is 0.597 bits per heavy atom. The first-order chi connectivity index (χ1) is 36.7. The van der Waals surface area contributed by atoms with Crippen LogP contribution in [0.4, 0.5) is 0 Å². The quantitative estimate of drug-likeness (QED) is 0.0222. The molecule has 77 heavy (non-hydrogen) atoms. The summed E-state index contributed by atoms with van der Waals surface area (Å²) in [7, 11) is -9.87. The summed E-state index contributed by atoms with van der Waals surface area (Å²) in [6, 6.07) is 0. The number of carbonyl (C=O) groups excluding carboxylic acids is 4. The van der Waals surface area contributed by atoms with Crippen molar-refractivity contribution in [3.05, 3.63) is 0 Å². The highest BCUT2D eigenvalue weighted by atomic mass is 31.2. The molecule has 0 radical (unpaired) electrons. The molecular weight excluding hydrogens is 1030 g/mol. The van der Waals surface area contributed by atoms with E-state index in [-0.39, 0.29) is 25.7 Å². The van der Waals surface area contributed by atoms with Gasteiger partial charge in [0.05, 0.1) is 26.4 Å². The number of carbonyl (C=O) groups is 4. The highest BCUT2D eigenvalue weighted by molar-refractivity contribution is 7.47. The van der Waals surface area contributed by atoms with E-state index < -0.39 is 97.5 Å². The van der Waals surface area contributed by atoms with E-state index in [2.05, 4.69) is 48.5 Å². The van der Waals surface area contributed by atoms with E-state index in [1.165, 1.54) is 70.6 Å². The third-order valence-corrected chi connectivity index (χ3v) is 15.0. The van der Waals surface area contributed by atoms with E-state index in [9.17, 15) is 43.2 Å². The molecule has 0 amide bonds. The molecule has 0 aromatic carbocycles. The molecule has 17 nitrogen and oxygen atoms in total. The maximum absolute atomic E-state index is 12.9. The molecule has 2 unspecified atom stereocenters. The minimum absolute atomic E-state index is 0.101. The van der Waals surface area contributed by atoms with E-state index >= 15 is 0 Å². The zero-order chi connectivity index (χ0) is 57.4. The first-order valence-electron chi connectivity index (χ1n) is 30.3. The van der Waals surface area contributed by atoms with Crippen LogP contribution in [0.3, 0.4) is 0 Å². The van der Waals surface area contributed by atoms with Gasteiger partial charge in [0.25, 0.3) is 0 Å². The number of aliphatic hydroxyl groups is 1. The second kappa shape index (κ2) is 49.8. The number of phosphoric acid groups is 2. The topological polar surface area (TPSA) is 237 Å². The number of aliphatic hydroxyl groups excluding tert-OH is 1. The minimum Gasteiger partial charge on any atom is -0.462 e. The van der Waals surface area contributed by atoms with Gasteiger partial charge in [-0.3, -0.25) is 37.3 Å². The second-order valence-electron chi connectivity index (χ2n) is 22.5. The first kappa shape index (κ1) is 75.1. The van der Waals surface area contributed by atoms with Crippen molar-refractivity contribution in [1.29, 1.82) is 0 Å². The first-order valence-corrected chi connectivity index (χ1v) is 33.3. The van der Waals surface area contributed by atoms with Gasteiger partial charge in [0.15, 0.2) is 12.2 Å². The highest BCUT2D eigenvalue weighted by Crippen LogP contribution is 2.45. The summed E-state index contributed by atoms with van der Waals surface area (Å²) in [5, 5.41) is 10.5. The summed E-state index contributed by atoms with van der Waals surface area (Å²) in [6.07, 6.45) is 28.4. The number of ether oxygens (including phenoxy) is 4. The van der Waals surface area contributed by atoms with Gasteiger partial charge in [0.2, 0.25) is 0 Å². The fourth-order valence-electron chi connectivity index (χ4n) is 8.42. The Labute approximate surface area is 467 Å². The van der Waals surface area contributed by atoms with Crippen LogP contribution in [0.2, 0.25) is 0 Å². The van der Waals surface area contributed by atoms with Crippen LogP contribution in [0.5, 0.6) is 0 Å². The van der Waals surface area contributed by atoms with Crippen LogP contribution in [-0.4, -0.2) is 96.7 Å². The number of rotatable bonds is 56. The van der Waals surface area contributed by atoms with E-state index in [4.69, 9.17) is 37.0 Å². The van der Waals surface area contributed by atoms with Crippen molar-refractivity contribution in [2.75, 3.05) is 39.6 Å². The van der Waals surface area contributed by atoms with Crippen LogP contribution in [-0.2, 0) is 65.4 Å². The molecule has 0 aromatic heterocycles. The van der Waals surface area contributed by atoms with E-state index in [1.54, 1.807) is 0 Å². The Morgan fingerprint density at radius 1 is 0.351 bits per heavy atom. The molecule has 0 aliphatic rings. The van der Waals surface area contributed by atoms with E-state index in [0.717, 1.165) is 103 Å². The van der Waals surface area contributed by atoms with E-state index in [1.807, 2.05) is 0 Å². The summed E-state index contributed by atoms with van der Waals surface area (Å²) in [5.41, 5.74) is 0. The van der Waals surface area contributed by atoms with Crippen LogP contribution in [0.1, 0.15) is 273 Å². The fraction of sp³-hybridized carbons (Fsp3) is 0.931. The Hall–Kier alpha value is -1.94. The normalized spacial score (nSPS) is 14.6. The third-order valence-electron chi connectivity index (χ3n) is 13.1. The maximum Gasteiger partial charge on any atom is 0.472 e. The largest absolute Gasteiger partial charge is 0.472 e. The molecule has 0 saturated heterocycles. The standard InChI is InChI=1S/C58H112O17P2/c1-8-9-10-11-12-17-25-32-39-55(60)68-46-54(75-58(63)42-35-28-21-20-24-31-38-51(6)7)48-73-77(66,67)71-44-52(59)43-70-76(64,65)72-47-53(74-57(62)41-34-27-19-14-16-23-30-37-50(4)5)45-69-56(61)40-33-26-18-13-15-22-29-36-49(2)3/h49-54,59H,8-48H2,1-7H3,(H,64,65)(H,66,67)/t52-,53-,54-/m1/s1. The summed E-state index contributed by atoms with van der Waals surface area (Å²) in [6.45, 7) is 11.5. The van der Waals surface area contributed by atoms with Crippen LogP contribution in [0.25, 0.3) is 0 Å². The van der Waals surface area contributed by atoms with Crippen molar-refractivity contribution in [3.63, 3.8) is 0 Å². The molecule has 0 aliphatic heterocycles. The monoisotopic (exact) mass is 1140 g/mol. The van der Waals surface area contributed by atoms with Gasteiger partial charge < -0.3 is 33.8 Å². The van der Waals surface area contributed by atoms with Crippen molar-refractivity contribution >= 4 is 39.5 Å². The molecule has 0 rings (SSSR count). The van der Waals surface area contributed by atoms with Crippen molar-refractivity contribution in [2.24, 2.45) is 17.8 Å². The second-order valence-corrected chi connectivity index (χ2v) is 25.4. The number of unbranched alkanes of at least 4 members (excludes halogenated alkanes) is 24. The molecule has 0 aliphatic carbocycles. The zero-order valence-electron chi connectivity index (χ0n) is 49.4. The lowest BCUT2D eigenvalue weighted by Crippen LogP contribution is -2.30. The molecule has 0 aromatic rings. The average Bonchev–Trinajstić information content (AvgIpc) is 3.37. The summed E-state index contributed by atoms with van der Waals surface area (Å²) in [4.78, 5) is 71.8. The van der Waals surface area contributed by atoms with Gasteiger partial charge in [-0.25, -0.2) is 9.13 Å². The molecule has 0 bridgehead atoms. The molecule has 5 atom stereocenters. The molecule has 0 spiro atoms. The van der Waals surface area contributed by atoms with Crippen molar-refractivity contribution < 1.29 is 80.2 Å². The maximum atomic E-state index is 12.9. The molecule has 456 valence electrons.